The predicted molar refractivity (Wildman–Crippen MR) is 140 cm³/mol. The molecule has 5 aromatic rings. The molecule has 178 valence electrons. The van der Waals surface area contributed by atoms with Crippen molar-refractivity contribution in [3.05, 3.63) is 126 Å². The molecule has 1 heterocycles. The van der Waals surface area contributed by atoms with E-state index in [0.29, 0.717) is 24.5 Å². The second-order valence-electron chi connectivity index (χ2n) is 8.31. The van der Waals surface area contributed by atoms with Crippen molar-refractivity contribution in [2.45, 2.75) is 13.2 Å². The monoisotopic (exact) mass is 475 g/mol. The van der Waals surface area contributed by atoms with E-state index >= 15 is 0 Å². The Morgan fingerprint density at radius 1 is 0.667 bits per heavy atom. The topological polar surface area (TPSA) is 57.7 Å². The van der Waals surface area contributed by atoms with Gasteiger partial charge in [0.1, 0.15) is 24.7 Å². The molecule has 0 saturated carbocycles. The number of rotatable bonds is 8. The van der Waals surface area contributed by atoms with Gasteiger partial charge in [-0.3, -0.25) is 0 Å². The van der Waals surface area contributed by atoms with Gasteiger partial charge in [0, 0.05) is 5.39 Å². The van der Waals surface area contributed by atoms with Crippen LogP contribution in [0.3, 0.4) is 0 Å². The summed E-state index contributed by atoms with van der Waals surface area (Å²) < 4.78 is 16.5. The van der Waals surface area contributed by atoms with Gasteiger partial charge >= 0.3 is 5.97 Å². The summed E-state index contributed by atoms with van der Waals surface area (Å²) in [5.41, 5.74) is 5.64. The first-order chi connectivity index (χ1) is 17.7. The number of pyridine rings is 1. The van der Waals surface area contributed by atoms with Gasteiger partial charge < -0.3 is 14.2 Å². The molecule has 0 aliphatic rings. The average Bonchev–Trinajstić information content (AvgIpc) is 2.95. The fourth-order valence-electron chi connectivity index (χ4n) is 3.85. The lowest BCUT2D eigenvalue weighted by Gasteiger charge is -2.09. The van der Waals surface area contributed by atoms with E-state index in [1.165, 1.54) is 7.11 Å². The largest absolute Gasteiger partial charge is 0.489 e. The van der Waals surface area contributed by atoms with Crippen molar-refractivity contribution in [3.63, 3.8) is 0 Å². The van der Waals surface area contributed by atoms with Crippen LogP contribution in [0, 0.1) is 0 Å². The van der Waals surface area contributed by atoms with Crippen LogP contribution in [-0.2, 0) is 18.0 Å². The summed E-state index contributed by atoms with van der Waals surface area (Å²) in [5.74, 6) is 1.14. The summed E-state index contributed by atoms with van der Waals surface area (Å²) in [5, 5.41) is 1.12. The maximum Gasteiger partial charge on any atom is 0.337 e. The Kier molecular flexibility index (Phi) is 6.90. The minimum absolute atomic E-state index is 0.362. The molecule has 0 radical (unpaired) electrons. The second-order valence-corrected chi connectivity index (χ2v) is 8.31. The number of para-hydroxylation sites is 1. The van der Waals surface area contributed by atoms with Gasteiger partial charge in [0.25, 0.3) is 0 Å². The molecule has 0 amide bonds. The third kappa shape index (κ3) is 5.53. The van der Waals surface area contributed by atoms with Crippen LogP contribution in [0.1, 0.15) is 21.6 Å². The maximum atomic E-state index is 11.5. The van der Waals surface area contributed by atoms with Crippen molar-refractivity contribution < 1.29 is 19.0 Å². The molecule has 0 aliphatic carbocycles. The molecule has 0 spiro atoms. The van der Waals surface area contributed by atoms with E-state index in [2.05, 4.69) is 41.4 Å². The fourth-order valence-corrected chi connectivity index (χ4v) is 3.85. The summed E-state index contributed by atoms with van der Waals surface area (Å²) in [7, 11) is 1.36. The van der Waals surface area contributed by atoms with Crippen LogP contribution in [0.5, 0.6) is 11.5 Å². The number of hydrogen-bond donors (Lipinski definition) is 0. The Labute approximate surface area is 209 Å². The molecular weight excluding hydrogens is 450 g/mol. The molecule has 36 heavy (non-hydrogen) atoms. The molecule has 0 bridgehead atoms. The van der Waals surface area contributed by atoms with Gasteiger partial charge in [-0.2, -0.15) is 0 Å². The molecule has 0 atom stereocenters. The van der Waals surface area contributed by atoms with E-state index in [-0.39, 0.29) is 5.97 Å². The summed E-state index contributed by atoms with van der Waals surface area (Å²) in [6.07, 6.45) is 0. The number of hydrogen-bond acceptors (Lipinski definition) is 5. The Morgan fingerprint density at radius 3 is 1.97 bits per heavy atom. The lowest BCUT2D eigenvalue weighted by Crippen LogP contribution is -2.01. The van der Waals surface area contributed by atoms with Gasteiger partial charge in [0.15, 0.2) is 0 Å². The first-order valence-corrected chi connectivity index (χ1v) is 11.7. The number of benzene rings is 4. The normalized spacial score (nSPS) is 10.7. The minimum atomic E-state index is -0.362. The van der Waals surface area contributed by atoms with Gasteiger partial charge in [0.05, 0.1) is 23.9 Å². The van der Waals surface area contributed by atoms with Crippen LogP contribution in [0.2, 0.25) is 0 Å². The standard InChI is InChI=1S/C31H25NO4/c1-34-31(33)26-13-18-28(19-14-26)35-20-22-6-8-23(9-7-22)24-11-16-29(17-12-24)36-21-27-15-10-25-4-2-3-5-30(25)32-27/h2-19H,20-21H2,1H3. The Morgan fingerprint density at radius 2 is 1.28 bits per heavy atom. The molecular formula is C31H25NO4. The number of ether oxygens (including phenoxy) is 3. The second kappa shape index (κ2) is 10.7. The third-order valence-electron chi connectivity index (χ3n) is 5.87. The highest BCUT2D eigenvalue weighted by Crippen LogP contribution is 2.24. The number of aromatic nitrogens is 1. The van der Waals surface area contributed by atoms with Crippen molar-refractivity contribution >= 4 is 16.9 Å². The predicted octanol–water partition coefficient (Wildman–Crippen LogP) is 6.85. The molecule has 1 aromatic heterocycles. The molecule has 0 saturated heterocycles. The zero-order valence-electron chi connectivity index (χ0n) is 19.9. The summed E-state index contributed by atoms with van der Waals surface area (Å²) in [4.78, 5) is 16.2. The van der Waals surface area contributed by atoms with Crippen LogP contribution in [0.15, 0.2) is 109 Å². The van der Waals surface area contributed by atoms with Crippen molar-refractivity contribution in [2.75, 3.05) is 7.11 Å². The number of nitrogens with zero attached hydrogens (tertiary/aromatic N) is 1. The van der Waals surface area contributed by atoms with Crippen LogP contribution in [0.4, 0.5) is 0 Å². The van der Waals surface area contributed by atoms with Crippen molar-refractivity contribution in [1.82, 2.24) is 4.98 Å². The van der Waals surface area contributed by atoms with E-state index < -0.39 is 0 Å². The molecule has 5 nitrogen and oxygen atoms in total. The molecule has 0 fully saturated rings. The fraction of sp³-hybridized carbons (Fsp3) is 0.0968. The number of methoxy groups -OCH3 is 1. The molecule has 0 N–H and O–H groups in total. The number of fused-ring (bicyclic) bond motifs is 1. The molecule has 5 rings (SSSR count). The smallest absolute Gasteiger partial charge is 0.337 e. The highest BCUT2D eigenvalue weighted by Gasteiger charge is 2.06. The lowest BCUT2D eigenvalue weighted by atomic mass is 10.0. The van der Waals surface area contributed by atoms with Crippen molar-refractivity contribution in [1.29, 1.82) is 0 Å². The number of carbonyl (C=O) groups excluding carboxylic acids is 1. The van der Waals surface area contributed by atoms with Gasteiger partial charge in [-0.25, -0.2) is 9.78 Å². The molecule has 0 unspecified atom stereocenters. The first-order valence-electron chi connectivity index (χ1n) is 11.7. The quantitative estimate of drug-likeness (QED) is 0.230. The molecule has 0 aliphatic heterocycles. The SMILES string of the molecule is COC(=O)c1ccc(OCc2ccc(-c3ccc(OCc4ccc5ccccc5n4)cc3)cc2)cc1. The van der Waals surface area contributed by atoms with Crippen LogP contribution in [0.25, 0.3) is 22.0 Å². The van der Waals surface area contributed by atoms with Crippen LogP contribution >= 0.6 is 0 Å². The number of carbonyl (C=O) groups is 1. The summed E-state index contributed by atoms with van der Waals surface area (Å²) in [6, 6.07) is 35.4. The third-order valence-corrected chi connectivity index (χ3v) is 5.87. The van der Waals surface area contributed by atoms with E-state index in [0.717, 1.165) is 39.0 Å². The van der Waals surface area contributed by atoms with E-state index in [1.807, 2.05) is 48.5 Å². The summed E-state index contributed by atoms with van der Waals surface area (Å²) >= 11 is 0. The highest BCUT2D eigenvalue weighted by atomic mass is 16.5. The van der Waals surface area contributed by atoms with Gasteiger partial charge in [-0.1, -0.05) is 60.7 Å². The Hall–Kier alpha value is -4.64. The zero-order valence-corrected chi connectivity index (χ0v) is 19.9. The number of esters is 1. The average molecular weight is 476 g/mol. The van der Waals surface area contributed by atoms with Crippen molar-refractivity contribution in [3.8, 4) is 22.6 Å². The van der Waals surface area contributed by atoms with E-state index in [1.54, 1.807) is 24.3 Å². The van der Waals surface area contributed by atoms with E-state index in [9.17, 15) is 4.79 Å². The molecule has 4 aromatic carbocycles. The minimum Gasteiger partial charge on any atom is -0.489 e. The van der Waals surface area contributed by atoms with Gasteiger partial charge in [0.2, 0.25) is 0 Å². The zero-order chi connectivity index (χ0) is 24.7. The Bertz CT molecular complexity index is 1460. The maximum absolute atomic E-state index is 11.5. The summed E-state index contributed by atoms with van der Waals surface area (Å²) in [6.45, 7) is 0.859. The van der Waals surface area contributed by atoms with Crippen LogP contribution < -0.4 is 9.47 Å². The van der Waals surface area contributed by atoms with Gasteiger partial charge in [-0.05, 0) is 65.2 Å². The lowest BCUT2D eigenvalue weighted by molar-refractivity contribution is 0.0600. The molecule has 5 heteroatoms. The van der Waals surface area contributed by atoms with Crippen molar-refractivity contribution in [2.24, 2.45) is 0 Å². The van der Waals surface area contributed by atoms with Crippen LogP contribution in [-0.4, -0.2) is 18.1 Å². The van der Waals surface area contributed by atoms with E-state index in [4.69, 9.17) is 14.2 Å². The van der Waals surface area contributed by atoms with Gasteiger partial charge in [-0.15, -0.1) is 0 Å². The Balaban J connectivity index is 1.15. The first kappa shape index (κ1) is 23.1. The highest BCUT2D eigenvalue weighted by molar-refractivity contribution is 5.89.